The summed E-state index contributed by atoms with van der Waals surface area (Å²) in [5.74, 6) is 0. The zero-order chi connectivity index (χ0) is 11.7. The summed E-state index contributed by atoms with van der Waals surface area (Å²) < 4.78 is 0. The Hall–Kier alpha value is -1.19. The number of nitrogens with zero attached hydrogens (tertiary/aromatic N) is 1. The van der Waals surface area contributed by atoms with Crippen molar-refractivity contribution >= 4 is 11.3 Å². The Labute approximate surface area is 106 Å². The van der Waals surface area contributed by atoms with Gasteiger partial charge in [0.15, 0.2) is 0 Å². The average Bonchev–Trinajstić information content (AvgIpc) is 3.00. The Morgan fingerprint density at radius 1 is 1.35 bits per heavy atom. The highest BCUT2D eigenvalue weighted by Gasteiger charge is 2.19. The molecule has 1 aromatic carbocycles. The first-order valence-corrected chi connectivity index (χ1v) is 6.97. The molecule has 3 rings (SSSR count). The molecule has 1 aromatic heterocycles. The van der Waals surface area contributed by atoms with Gasteiger partial charge in [-0.25, -0.2) is 4.98 Å². The smallest absolute Gasteiger partial charge is 0.123 e. The van der Waals surface area contributed by atoms with Crippen LogP contribution in [0.4, 0.5) is 0 Å². The highest BCUT2D eigenvalue weighted by atomic mass is 32.1. The number of aromatic nitrogens is 1. The average molecular weight is 244 g/mol. The van der Waals surface area contributed by atoms with Crippen LogP contribution < -0.4 is 5.32 Å². The van der Waals surface area contributed by atoms with Gasteiger partial charge in [0.05, 0.1) is 11.7 Å². The second-order valence-corrected chi connectivity index (χ2v) is 5.40. The molecule has 2 nitrogen and oxygen atoms in total. The van der Waals surface area contributed by atoms with Gasteiger partial charge in [0, 0.05) is 10.9 Å². The van der Waals surface area contributed by atoms with Gasteiger partial charge >= 0.3 is 0 Å². The predicted molar refractivity (Wildman–Crippen MR) is 72.3 cm³/mol. The summed E-state index contributed by atoms with van der Waals surface area (Å²) >= 11 is 1.75. The van der Waals surface area contributed by atoms with Gasteiger partial charge in [-0.15, -0.1) is 11.3 Å². The lowest BCUT2D eigenvalue weighted by atomic mass is 10.1. The predicted octanol–water partition coefficient (Wildman–Crippen LogP) is 3.54. The summed E-state index contributed by atoms with van der Waals surface area (Å²) in [4.78, 5) is 4.78. The SMILES string of the molecule is Cc1ccccc1-c1nc([C@@H]2CCCN2)cs1. The van der Waals surface area contributed by atoms with Crippen LogP contribution in [0.15, 0.2) is 29.6 Å². The van der Waals surface area contributed by atoms with Crippen LogP contribution in [0.3, 0.4) is 0 Å². The fourth-order valence-electron chi connectivity index (χ4n) is 2.32. The van der Waals surface area contributed by atoms with Gasteiger partial charge < -0.3 is 5.32 Å². The molecule has 0 spiro atoms. The molecular formula is C14H16N2S. The first-order chi connectivity index (χ1) is 8.34. The molecule has 3 heteroatoms. The van der Waals surface area contributed by atoms with Gasteiger partial charge in [-0.05, 0) is 31.9 Å². The van der Waals surface area contributed by atoms with Gasteiger partial charge in [-0.1, -0.05) is 24.3 Å². The minimum Gasteiger partial charge on any atom is -0.309 e. The Balaban J connectivity index is 1.92. The molecule has 1 N–H and O–H groups in total. The highest BCUT2D eigenvalue weighted by molar-refractivity contribution is 7.13. The molecule has 2 aromatic rings. The second-order valence-electron chi connectivity index (χ2n) is 4.54. The summed E-state index contributed by atoms with van der Waals surface area (Å²) in [6, 6.07) is 8.93. The molecule has 88 valence electrons. The van der Waals surface area contributed by atoms with Crippen LogP contribution in [0.2, 0.25) is 0 Å². The third-order valence-electron chi connectivity index (χ3n) is 3.31. The molecule has 0 unspecified atom stereocenters. The first kappa shape index (κ1) is 10.9. The van der Waals surface area contributed by atoms with Crippen molar-refractivity contribution in [1.29, 1.82) is 0 Å². The van der Waals surface area contributed by atoms with E-state index in [1.807, 2.05) is 0 Å². The quantitative estimate of drug-likeness (QED) is 0.874. The van der Waals surface area contributed by atoms with E-state index in [0.29, 0.717) is 6.04 Å². The maximum absolute atomic E-state index is 4.78. The van der Waals surface area contributed by atoms with E-state index in [4.69, 9.17) is 4.98 Å². The van der Waals surface area contributed by atoms with E-state index in [0.717, 1.165) is 11.6 Å². The van der Waals surface area contributed by atoms with Crippen LogP contribution in [-0.2, 0) is 0 Å². The number of aryl methyl sites for hydroxylation is 1. The molecule has 1 saturated heterocycles. The van der Waals surface area contributed by atoms with E-state index in [-0.39, 0.29) is 0 Å². The van der Waals surface area contributed by atoms with E-state index >= 15 is 0 Å². The van der Waals surface area contributed by atoms with Crippen molar-refractivity contribution in [2.45, 2.75) is 25.8 Å². The fourth-order valence-corrected chi connectivity index (χ4v) is 3.28. The Bertz CT molecular complexity index is 512. The van der Waals surface area contributed by atoms with Crippen LogP contribution in [-0.4, -0.2) is 11.5 Å². The summed E-state index contributed by atoms with van der Waals surface area (Å²) in [5.41, 5.74) is 3.78. The monoisotopic (exact) mass is 244 g/mol. The topological polar surface area (TPSA) is 24.9 Å². The van der Waals surface area contributed by atoms with Crippen LogP contribution in [0.5, 0.6) is 0 Å². The van der Waals surface area contributed by atoms with E-state index in [1.54, 1.807) is 11.3 Å². The number of thiazole rings is 1. The van der Waals surface area contributed by atoms with E-state index in [1.165, 1.54) is 29.7 Å². The molecule has 0 amide bonds. The highest BCUT2D eigenvalue weighted by Crippen LogP contribution is 2.30. The molecule has 1 atom stereocenters. The molecule has 0 bridgehead atoms. The summed E-state index contributed by atoms with van der Waals surface area (Å²) in [5, 5.41) is 6.84. The third-order valence-corrected chi connectivity index (χ3v) is 4.21. The van der Waals surface area contributed by atoms with Gasteiger partial charge in [0.25, 0.3) is 0 Å². The zero-order valence-corrected chi connectivity index (χ0v) is 10.8. The fraction of sp³-hybridized carbons (Fsp3) is 0.357. The van der Waals surface area contributed by atoms with Crippen molar-refractivity contribution in [2.75, 3.05) is 6.54 Å². The Morgan fingerprint density at radius 2 is 2.24 bits per heavy atom. The molecule has 0 saturated carbocycles. The van der Waals surface area contributed by atoms with Crippen LogP contribution in [0.25, 0.3) is 10.6 Å². The van der Waals surface area contributed by atoms with E-state index < -0.39 is 0 Å². The standard InChI is InChI=1S/C14H16N2S/c1-10-5-2-3-6-11(10)14-16-13(9-17-14)12-7-4-8-15-12/h2-3,5-6,9,12,15H,4,7-8H2,1H3/t12-/m0/s1. The van der Waals surface area contributed by atoms with E-state index in [2.05, 4.69) is 41.9 Å². The lowest BCUT2D eigenvalue weighted by Crippen LogP contribution is -2.12. The number of hydrogen-bond donors (Lipinski definition) is 1. The van der Waals surface area contributed by atoms with Crippen molar-refractivity contribution in [3.8, 4) is 10.6 Å². The normalized spacial score (nSPS) is 19.7. The van der Waals surface area contributed by atoms with Crippen molar-refractivity contribution in [1.82, 2.24) is 10.3 Å². The minimum atomic E-state index is 0.476. The lowest BCUT2D eigenvalue weighted by molar-refractivity contribution is 0.632. The van der Waals surface area contributed by atoms with Crippen LogP contribution >= 0.6 is 11.3 Å². The third kappa shape index (κ3) is 2.13. The first-order valence-electron chi connectivity index (χ1n) is 6.09. The van der Waals surface area contributed by atoms with Crippen LogP contribution in [0, 0.1) is 6.92 Å². The molecule has 0 aliphatic carbocycles. The van der Waals surface area contributed by atoms with Gasteiger partial charge in [-0.3, -0.25) is 0 Å². The maximum Gasteiger partial charge on any atom is 0.123 e. The molecular weight excluding hydrogens is 228 g/mol. The number of hydrogen-bond acceptors (Lipinski definition) is 3. The zero-order valence-electron chi connectivity index (χ0n) is 9.94. The molecule has 1 aliphatic rings. The van der Waals surface area contributed by atoms with Crippen molar-refractivity contribution in [2.24, 2.45) is 0 Å². The minimum absolute atomic E-state index is 0.476. The number of nitrogens with one attached hydrogen (secondary N) is 1. The van der Waals surface area contributed by atoms with Gasteiger partial charge in [0.2, 0.25) is 0 Å². The lowest BCUT2D eigenvalue weighted by Gasteiger charge is -2.05. The van der Waals surface area contributed by atoms with Crippen molar-refractivity contribution < 1.29 is 0 Å². The second kappa shape index (κ2) is 4.59. The molecule has 2 heterocycles. The summed E-state index contributed by atoms with van der Waals surface area (Å²) in [7, 11) is 0. The molecule has 17 heavy (non-hydrogen) atoms. The number of benzene rings is 1. The van der Waals surface area contributed by atoms with Crippen LogP contribution in [0.1, 0.15) is 30.1 Å². The van der Waals surface area contributed by atoms with Crippen molar-refractivity contribution in [3.63, 3.8) is 0 Å². The molecule has 0 radical (unpaired) electrons. The summed E-state index contributed by atoms with van der Waals surface area (Å²) in [6.07, 6.45) is 2.48. The maximum atomic E-state index is 4.78. The van der Waals surface area contributed by atoms with Gasteiger partial charge in [-0.2, -0.15) is 0 Å². The van der Waals surface area contributed by atoms with Crippen molar-refractivity contribution in [3.05, 3.63) is 40.9 Å². The summed E-state index contributed by atoms with van der Waals surface area (Å²) in [6.45, 7) is 3.27. The molecule has 1 fully saturated rings. The van der Waals surface area contributed by atoms with E-state index in [9.17, 15) is 0 Å². The Kier molecular flexibility index (Phi) is 2.95. The molecule has 1 aliphatic heterocycles. The van der Waals surface area contributed by atoms with Gasteiger partial charge in [0.1, 0.15) is 5.01 Å². The Morgan fingerprint density at radius 3 is 3.00 bits per heavy atom. The number of rotatable bonds is 2. The largest absolute Gasteiger partial charge is 0.309 e.